The summed E-state index contributed by atoms with van der Waals surface area (Å²) in [6.45, 7) is 0. The molecule has 0 atom stereocenters. The fourth-order valence-corrected chi connectivity index (χ4v) is 1.72. The van der Waals surface area contributed by atoms with Crippen molar-refractivity contribution in [3.63, 3.8) is 0 Å². The van der Waals surface area contributed by atoms with Crippen LogP contribution in [0.1, 0.15) is 0 Å². The third kappa shape index (κ3) is 1.84. The van der Waals surface area contributed by atoms with Crippen LogP contribution in [0, 0.1) is 5.82 Å². The van der Waals surface area contributed by atoms with Gasteiger partial charge in [-0.3, -0.25) is 4.98 Å². The maximum atomic E-state index is 13.5. The molecule has 0 fully saturated rings. The molecule has 2 rings (SSSR count). The monoisotopic (exact) mass is 256 g/mol. The minimum Gasteiger partial charge on any atom is -0.397 e. The van der Waals surface area contributed by atoms with Crippen LogP contribution in [-0.4, -0.2) is 4.98 Å². The molecule has 1 aromatic carbocycles. The van der Waals surface area contributed by atoms with Crippen molar-refractivity contribution >= 4 is 28.9 Å². The SMILES string of the molecule is Nc1c(-c2ccncc2F)ccc(Cl)c1Cl. The number of anilines is 1. The van der Waals surface area contributed by atoms with Gasteiger partial charge in [-0.1, -0.05) is 29.3 Å². The number of halogens is 3. The van der Waals surface area contributed by atoms with Crippen LogP contribution in [0.3, 0.4) is 0 Å². The average molecular weight is 257 g/mol. The van der Waals surface area contributed by atoms with E-state index in [1.807, 2.05) is 0 Å². The molecular weight excluding hydrogens is 250 g/mol. The summed E-state index contributed by atoms with van der Waals surface area (Å²) in [7, 11) is 0. The molecule has 0 aliphatic rings. The molecule has 0 aliphatic carbocycles. The second-order valence-corrected chi connectivity index (χ2v) is 3.96. The van der Waals surface area contributed by atoms with Gasteiger partial charge in [0.15, 0.2) is 0 Å². The minimum absolute atomic E-state index is 0.232. The van der Waals surface area contributed by atoms with E-state index >= 15 is 0 Å². The molecule has 0 bridgehead atoms. The van der Waals surface area contributed by atoms with E-state index in [9.17, 15) is 4.39 Å². The zero-order valence-corrected chi connectivity index (χ0v) is 9.56. The predicted octanol–water partition coefficient (Wildman–Crippen LogP) is 3.78. The van der Waals surface area contributed by atoms with Crippen LogP contribution >= 0.6 is 23.2 Å². The summed E-state index contributed by atoms with van der Waals surface area (Å²) in [6, 6.07) is 4.74. The highest BCUT2D eigenvalue weighted by Crippen LogP contribution is 2.36. The van der Waals surface area contributed by atoms with Crippen molar-refractivity contribution in [1.82, 2.24) is 4.98 Å². The van der Waals surface area contributed by atoms with E-state index in [-0.39, 0.29) is 10.7 Å². The first-order chi connectivity index (χ1) is 7.61. The standard InChI is InChI=1S/C11H7Cl2FN2/c12-8-2-1-7(11(15)10(8)13)6-3-4-16-5-9(6)14/h1-5H,15H2. The zero-order chi connectivity index (χ0) is 11.7. The van der Waals surface area contributed by atoms with Gasteiger partial charge in [0.2, 0.25) is 0 Å². The van der Waals surface area contributed by atoms with Crippen LogP contribution in [0.5, 0.6) is 0 Å². The maximum absolute atomic E-state index is 13.5. The van der Waals surface area contributed by atoms with Gasteiger partial charge in [0, 0.05) is 17.3 Å². The number of hydrogen-bond acceptors (Lipinski definition) is 2. The molecule has 2 nitrogen and oxygen atoms in total. The van der Waals surface area contributed by atoms with Crippen molar-refractivity contribution < 1.29 is 4.39 Å². The van der Waals surface area contributed by atoms with Crippen LogP contribution in [0.15, 0.2) is 30.6 Å². The van der Waals surface area contributed by atoms with Gasteiger partial charge >= 0.3 is 0 Å². The molecule has 2 N–H and O–H groups in total. The number of aromatic nitrogens is 1. The van der Waals surface area contributed by atoms with Crippen molar-refractivity contribution in [3.05, 3.63) is 46.5 Å². The molecule has 82 valence electrons. The highest BCUT2D eigenvalue weighted by Gasteiger charge is 2.12. The van der Waals surface area contributed by atoms with Crippen molar-refractivity contribution in [1.29, 1.82) is 0 Å². The summed E-state index contributed by atoms with van der Waals surface area (Å²) < 4.78 is 13.5. The first-order valence-corrected chi connectivity index (χ1v) is 5.20. The summed E-state index contributed by atoms with van der Waals surface area (Å²) in [4.78, 5) is 3.67. The number of rotatable bonds is 1. The molecule has 16 heavy (non-hydrogen) atoms. The lowest BCUT2D eigenvalue weighted by molar-refractivity contribution is 0.625. The van der Waals surface area contributed by atoms with Crippen LogP contribution in [0.4, 0.5) is 10.1 Å². The number of nitrogen functional groups attached to an aromatic ring is 1. The molecule has 1 aromatic heterocycles. The Morgan fingerprint density at radius 1 is 1.12 bits per heavy atom. The zero-order valence-electron chi connectivity index (χ0n) is 8.05. The van der Waals surface area contributed by atoms with Crippen molar-refractivity contribution in [2.24, 2.45) is 0 Å². The highest BCUT2D eigenvalue weighted by molar-refractivity contribution is 6.44. The predicted molar refractivity (Wildman–Crippen MR) is 64.1 cm³/mol. The van der Waals surface area contributed by atoms with Crippen molar-refractivity contribution in [3.8, 4) is 11.1 Å². The van der Waals surface area contributed by atoms with Crippen LogP contribution in [0.25, 0.3) is 11.1 Å². The third-order valence-corrected chi connectivity index (χ3v) is 3.01. The van der Waals surface area contributed by atoms with Gasteiger partial charge in [0.25, 0.3) is 0 Å². The summed E-state index contributed by atoms with van der Waals surface area (Å²) in [5, 5.41) is 0.577. The van der Waals surface area contributed by atoms with Crippen LogP contribution in [0.2, 0.25) is 10.0 Å². The van der Waals surface area contributed by atoms with Gasteiger partial charge in [-0.15, -0.1) is 0 Å². The molecule has 0 spiro atoms. The number of hydrogen-bond donors (Lipinski definition) is 1. The lowest BCUT2D eigenvalue weighted by atomic mass is 10.0. The Kier molecular flexibility index (Phi) is 2.99. The number of nitrogens with zero attached hydrogens (tertiary/aromatic N) is 1. The average Bonchev–Trinajstić information content (AvgIpc) is 2.28. The molecule has 2 aromatic rings. The van der Waals surface area contributed by atoms with Gasteiger partial charge in [-0.05, 0) is 12.1 Å². The van der Waals surface area contributed by atoms with Gasteiger partial charge in [0.1, 0.15) is 5.82 Å². The minimum atomic E-state index is -0.451. The summed E-state index contributed by atoms with van der Waals surface area (Å²) >= 11 is 11.7. The first kappa shape index (κ1) is 11.2. The molecule has 0 unspecified atom stereocenters. The summed E-state index contributed by atoms with van der Waals surface area (Å²) in [5.41, 5.74) is 6.91. The van der Waals surface area contributed by atoms with E-state index in [1.54, 1.807) is 12.1 Å². The van der Waals surface area contributed by atoms with E-state index < -0.39 is 5.82 Å². The molecule has 0 aliphatic heterocycles. The fourth-order valence-electron chi connectivity index (χ4n) is 1.39. The Bertz CT molecular complexity index is 544. The van der Waals surface area contributed by atoms with E-state index in [4.69, 9.17) is 28.9 Å². The van der Waals surface area contributed by atoms with Crippen LogP contribution < -0.4 is 5.73 Å². The van der Waals surface area contributed by atoms with E-state index in [1.165, 1.54) is 12.3 Å². The maximum Gasteiger partial charge on any atom is 0.149 e. The smallest absolute Gasteiger partial charge is 0.149 e. The Morgan fingerprint density at radius 3 is 2.56 bits per heavy atom. The largest absolute Gasteiger partial charge is 0.397 e. The molecule has 0 saturated carbocycles. The molecule has 5 heteroatoms. The quantitative estimate of drug-likeness (QED) is 0.789. The first-order valence-electron chi connectivity index (χ1n) is 4.44. The van der Waals surface area contributed by atoms with E-state index in [2.05, 4.69) is 4.98 Å². The van der Waals surface area contributed by atoms with E-state index in [0.29, 0.717) is 16.1 Å². The normalized spacial score (nSPS) is 10.4. The summed E-state index contributed by atoms with van der Waals surface area (Å²) in [6.07, 6.45) is 2.61. The number of nitrogens with two attached hydrogens (primary N) is 1. The Balaban J connectivity index is 2.66. The Hall–Kier alpha value is -1.32. The third-order valence-electron chi connectivity index (χ3n) is 2.20. The van der Waals surface area contributed by atoms with Crippen molar-refractivity contribution in [2.45, 2.75) is 0 Å². The number of pyridine rings is 1. The second kappa shape index (κ2) is 4.28. The fraction of sp³-hybridized carbons (Fsp3) is 0. The van der Waals surface area contributed by atoms with Gasteiger partial charge in [-0.2, -0.15) is 0 Å². The highest BCUT2D eigenvalue weighted by atomic mass is 35.5. The van der Waals surface area contributed by atoms with Gasteiger partial charge in [0.05, 0.1) is 21.9 Å². The summed E-state index contributed by atoms with van der Waals surface area (Å²) in [5.74, 6) is -0.451. The molecule has 0 radical (unpaired) electrons. The number of benzene rings is 1. The topological polar surface area (TPSA) is 38.9 Å². The van der Waals surface area contributed by atoms with E-state index in [0.717, 1.165) is 6.20 Å². The van der Waals surface area contributed by atoms with Crippen LogP contribution in [-0.2, 0) is 0 Å². The molecule has 1 heterocycles. The Morgan fingerprint density at radius 2 is 1.88 bits per heavy atom. The van der Waals surface area contributed by atoms with Crippen molar-refractivity contribution in [2.75, 3.05) is 5.73 Å². The lowest BCUT2D eigenvalue weighted by Gasteiger charge is -2.09. The Labute approximate surface area is 102 Å². The molecule has 0 amide bonds. The van der Waals surface area contributed by atoms with Gasteiger partial charge < -0.3 is 5.73 Å². The molecular formula is C11H7Cl2FN2. The lowest BCUT2D eigenvalue weighted by Crippen LogP contribution is -1.94. The second-order valence-electron chi connectivity index (χ2n) is 3.18. The van der Waals surface area contributed by atoms with Gasteiger partial charge in [-0.25, -0.2) is 4.39 Å². The molecule has 0 saturated heterocycles.